The highest BCUT2D eigenvalue weighted by Gasteiger charge is 2.42. The second-order valence-corrected chi connectivity index (χ2v) is 7.72. The summed E-state index contributed by atoms with van der Waals surface area (Å²) in [6.07, 6.45) is 14.8. The molecule has 0 aromatic rings. The lowest BCUT2D eigenvalue weighted by Gasteiger charge is -2.45. The fraction of sp³-hybridized carbons (Fsp3) is 0.600. The van der Waals surface area contributed by atoms with Crippen LogP contribution in [0.4, 0.5) is 0 Å². The van der Waals surface area contributed by atoms with E-state index in [-0.39, 0.29) is 17.1 Å². The predicted molar refractivity (Wildman–Crippen MR) is 91.3 cm³/mol. The molecule has 2 aliphatic rings. The van der Waals surface area contributed by atoms with E-state index in [1.54, 1.807) is 0 Å². The summed E-state index contributed by atoms with van der Waals surface area (Å²) < 4.78 is 6.54. The van der Waals surface area contributed by atoms with E-state index in [0.29, 0.717) is 0 Å². The van der Waals surface area contributed by atoms with Gasteiger partial charge in [0.2, 0.25) is 0 Å². The molecule has 0 saturated carbocycles. The molecule has 21 heavy (non-hydrogen) atoms. The minimum Gasteiger partial charge on any atom is -0.367 e. The fourth-order valence-electron chi connectivity index (χ4n) is 3.49. The standard InChI is InChI=1S/C20H30O/c1-15(2)21-20(14-17-9-7-8-10-17)12-11-16(3)13-18(20)19(4,5)6/h7,9-11,13,15H,8,12,14H2,1-6H3. The number of allylic oxidation sites excluding steroid dienone is 5. The van der Waals surface area contributed by atoms with Crippen molar-refractivity contribution in [1.29, 1.82) is 0 Å². The van der Waals surface area contributed by atoms with Crippen LogP contribution in [0.15, 0.2) is 47.1 Å². The maximum atomic E-state index is 6.54. The van der Waals surface area contributed by atoms with Gasteiger partial charge in [-0.3, -0.25) is 0 Å². The largest absolute Gasteiger partial charge is 0.367 e. The molecule has 0 N–H and O–H groups in total. The van der Waals surface area contributed by atoms with Crippen molar-refractivity contribution in [3.63, 3.8) is 0 Å². The Hall–Kier alpha value is -1.08. The van der Waals surface area contributed by atoms with Gasteiger partial charge < -0.3 is 4.74 Å². The molecule has 1 unspecified atom stereocenters. The van der Waals surface area contributed by atoms with Gasteiger partial charge in [-0.15, -0.1) is 0 Å². The van der Waals surface area contributed by atoms with Gasteiger partial charge in [0.15, 0.2) is 0 Å². The van der Waals surface area contributed by atoms with E-state index in [9.17, 15) is 0 Å². The van der Waals surface area contributed by atoms with Gasteiger partial charge in [-0.1, -0.05) is 56.7 Å². The van der Waals surface area contributed by atoms with E-state index in [1.165, 1.54) is 16.7 Å². The molecule has 0 heterocycles. The lowest BCUT2D eigenvalue weighted by Crippen LogP contribution is -2.43. The molecule has 1 heteroatoms. The van der Waals surface area contributed by atoms with Crippen LogP contribution in [0.5, 0.6) is 0 Å². The lowest BCUT2D eigenvalue weighted by atomic mass is 9.69. The van der Waals surface area contributed by atoms with Crippen LogP contribution in [0.3, 0.4) is 0 Å². The smallest absolute Gasteiger partial charge is 0.0977 e. The normalized spacial score (nSPS) is 26.0. The first-order valence-electron chi connectivity index (χ1n) is 8.16. The molecule has 116 valence electrons. The molecule has 1 atom stereocenters. The number of hydrogen-bond acceptors (Lipinski definition) is 1. The van der Waals surface area contributed by atoms with Crippen molar-refractivity contribution >= 4 is 0 Å². The highest BCUT2D eigenvalue weighted by molar-refractivity contribution is 5.41. The molecule has 2 rings (SSSR count). The Morgan fingerprint density at radius 2 is 1.95 bits per heavy atom. The molecular formula is C20H30O. The highest BCUT2D eigenvalue weighted by Crippen LogP contribution is 2.46. The molecule has 0 spiro atoms. The summed E-state index contributed by atoms with van der Waals surface area (Å²) in [6, 6.07) is 0. The van der Waals surface area contributed by atoms with Crippen LogP contribution in [-0.4, -0.2) is 11.7 Å². The molecule has 0 saturated heterocycles. The second kappa shape index (κ2) is 5.96. The zero-order valence-corrected chi connectivity index (χ0v) is 14.5. The summed E-state index contributed by atoms with van der Waals surface area (Å²) >= 11 is 0. The van der Waals surface area contributed by atoms with Crippen LogP contribution < -0.4 is 0 Å². The van der Waals surface area contributed by atoms with Crippen LogP contribution in [0.25, 0.3) is 0 Å². The Morgan fingerprint density at radius 1 is 1.24 bits per heavy atom. The summed E-state index contributed by atoms with van der Waals surface area (Å²) in [7, 11) is 0. The lowest BCUT2D eigenvalue weighted by molar-refractivity contribution is -0.0627. The summed E-state index contributed by atoms with van der Waals surface area (Å²) in [5.74, 6) is 0. The van der Waals surface area contributed by atoms with Crippen LogP contribution >= 0.6 is 0 Å². The molecule has 1 nitrogen and oxygen atoms in total. The van der Waals surface area contributed by atoms with Crippen molar-refractivity contribution in [3.05, 3.63) is 47.1 Å². The minimum atomic E-state index is -0.188. The number of rotatable bonds is 4. The molecule has 0 aliphatic heterocycles. The highest BCUT2D eigenvalue weighted by atomic mass is 16.5. The maximum Gasteiger partial charge on any atom is 0.0977 e. The quantitative estimate of drug-likeness (QED) is 0.639. The fourth-order valence-corrected chi connectivity index (χ4v) is 3.49. The van der Waals surface area contributed by atoms with Gasteiger partial charge in [-0.05, 0) is 50.2 Å². The summed E-state index contributed by atoms with van der Waals surface area (Å²) in [5, 5.41) is 0. The first-order chi connectivity index (χ1) is 9.73. The Balaban J connectivity index is 2.42. The molecule has 0 radical (unpaired) electrons. The molecule has 0 bridgehead atoms. The van der Waals surface area contributed by atoms with E-state index < -0.39 is 0 Å². The summed E-state index contributed by atoms with van der Waals surface area (Å²) in [4.78, 5) is 0. The van der Waals surface area contributed by atoms with Crippen LogP contribution in [0.1, 0.15) is 60.8 Å². The Labute approximate surface area is 130 Å². The summed E-state index contributed by atoms with van der Waals surface area (Å²) in [5.41, 5.74) is 4.14. The average molecular weight is 286 g/mol. The van der Waals surface area contributed by atoms with E-state index in [0.717, 1.165) is 19.3 Å². The van der Waals surface area contributed by atoms with E-state index in [4.69, 9.17) is 4.74 Å². The molecule has 0 aromatic heterocycles. The zero-order chi connectivity index (χ0) is 15.7. The van der Waals surface area contributed by atoms with Gasteiger partial charge in [0.05, 0.1) is 11.7 Å². The third-order valence-electron chi connectivity index (χ3n) is 4.22. The van der Waals surface area contributed by atoms with Gasteiger partial charge in [-0.2, -0.15) is 0 Å². The van der Waals surface area contributed by atoms with E-state index in [2.05, 4.69) is 71.9 Å². The molecule has 0 aromatic carbocycles. The third-order valence-corrected chi connectivity index (χ3v) is 4.22. The van der Waals surface area contributed by atoms with Gasteiger partial charge in [0.1, 0.15) is 0 Å². The van der Waals surface area contributed by atoms with Gasteiger partial charge in [0.25, 0.3) is 0 Å². The van der Waals surface area contributed by atoms with Gasteiger partial charge in [0, 0.05) is 6.42 Å². The molecule has 0 amide bonds. The number of ether oxygens (including phenoxy) is 1. The van der Waals surface area contributed by atoms with Crippen molar-refractivity contribution in [2.75, 3.05) is 0 Å². The minimum absolute atomic E-state index is 0.118. The van der Waals surface area contributed by atoms with Crippen molar-refractivity contribution in [1.82, 2.24) is 0 Å². The Morgan fingerprint density at radius 3 is 2.48 bits per heavy atom. The van der Waals surface area contributed by atoms with Crippen LogP contribution in [0.2, 0.25) is 0 Å². The third kappa shape index (κ3) is 3.77. The SMILES string of the molecule is CC1=CCC(CC2=CCC=C2)(OC(C)C)C(C(C)(C)C)=C1. The van der Waals surface area contributed by atoms with Gasteiger partial charge >= 0.3 is 0 Å². The summed E-state index contributed by atoms with van der Waals surface area (Å²) in [6.45, 7) is 13.4. The van der Waals surface area contributed by atoms with Crippen molar-refractivity contribution in [2.24, 2.45) is 5.41 Å². The van der Waals surface area contributed by atoms with Crippen molar-refractivity contribution in [2.45, 2.75) is 72.5 Å². The van der Waals surface area contributed by atoms with E-state index >= 15 is 0 Å². The first kappa shape index (κ1) is 16.3. The Bertz CT molecular complexity index is 508. The van der Waals surface area contributed by atoms with Crippen LogP contribution in [0, 0.1) is 5.41 Å². The monoisotopic (exact) mass is 286 g/mol. The number of hydrogen-bond donors (Lipinski definition) is 0. The van der Waals surface area contributed by atoms with Gasteiger partial charge in [-0.25, -0.2) is 0 Å². The molecule has 0 fully saturated rings. The molecule has 2 aliphatic carbocycles. The average Bonchev–Trinajstić information content (AvgIpc) is 2.83. The Kier molecular flexibility index (Phi) is 4.63. The van der Waals surface area contributed by atoms with Crippen LogP contribution in [-0.2, 0) is 4.74 Å². The molecular weight excluding hydrogens is 256 g/mol. The zero-order valence-electron chi connectivity index (χ0n) is 14.5. The topological polar surface area (TPSA) is 9.23 Å². The predicted octanol–water partition coefficient (Wildman–Crippen LogP) is 5.75. The van der Waals surface area contributed by atoms with Crippen molar-refractivity contribution < 1.29 is 4.74 Å². The second-order valence-electron chi connectivity index (χ2n) is 7.72. The van der Waals surface area contributed by atoms with E-state index in [1.807, 2.05) is 0 Å². The maximum absolute atomic E-state index is 6.54. The first-order valence-corrected chi connectivity index (χ1v) is 8.16. The van der Waals surface area contributed by atoms with Crippen molar-refractivity contribution in [3.8, 4) is 0 Å².